The monoisotopic (exact) mass is 869 g/mol. The molecular weight excluding hydrogens is 765 g/mol. The van der Waals surface area contributed by atoms with Gasteiger partial charge < -0.3 is 14.2 Å². The van der Waals surface area contributed by atoms with Crippen molar-refractivity contribution in [3.05, 3.63) is 48.6 Å². The molecule has 0 saturated carbocycles. The van der Waals surface area contributed by atoms with Crippen LogP contribution in [0.5, 0.6) is 0 Å². The molecule has 1 unspecified atom stereocenters. The van der Waals surface area contributed by atoms with Crippen LogP contribution >= 0.6 is 0 Å². The number of carbonyl (C=O) groups is 2. The highest BCUT2D eigenvalue weighted by molar-refractivity contribution is 5.70. The average molecular weight is 869 g/mol. The fourth-order valence-corrected chi connectivity index (χ4v) is 7.71. The lowest BCUT2D eigenvalue weighted by Gasteiger charge is -2.18. The maximum atomic E-state index is 12.8. The van der Waals surface area contributed by atoms with E-state index < -0.39 is 6.10 Å². The molecule has 0 aliphatic rings. The van der Waals surface area contributed by atoms with Crippen molar-refractivity contribution in [3.8, 4) is 0 Å². The second-order valence-electron chi connectivity index (χ2n) is 18.1. The maximum absolute atomic E-state index is 12.8. The molecule has 1 atom stereocenters. The summed E-state index contributed by atoms with van der Waals surface area (Å²) in [6, 6.07) is 0. The van der Waals surface area contributed by atoms with Crippen molar-refractivity contribution >= 4 is 11.9 Å². The van der Waals surface area contributed by atoms with E-state index in [1.165, 1.54) is 186 Å². The minimum Gasteiger partial charge on any atom is -0.462 e. The van der Waals surface area contributed by atoms with Crippen LogP contribution in [0.2, 0.25) is 0 Å². The lowest BCUT2D eigenvalue weighted by molar-refractivity contribution is -0.163. The third-order valence-electron chi connectivity index (χ3n) is 11.8. The van der Waals surface area contributed by atoms with Gasteiger partial charge in [0, 0.05) is 19.4 Å². The average Bonchev–Trinajstić information content (AvgIpc) is 3.27. The molecule has 0 saturated heterocycles. The van der Waals surface area contributed by atoms with Gasteiger partial charge in [0.1, 0.15) is 6.61 Å². The van der Waals surface area contributed by atoms with E-state index in [1.54, 1.807) is 0 Å². The van der Waals surface area contributed by atoms with Crippen molar-refractivity contribution in [2.24, 2.45) is 0 Å². The van der Waals surface area contributed by atoms with Crippen molar-refractivity contribution in [2.75, 3.05) is 19.8 Å². The number of rotatable bonds is 50. The van der Waals surface area contributed by atoms with Crippen molar-refractivity contribution in [3.63, 3.8) is 0 Å². The number of hydrogen-bond donors (Lipinski definition) is 0. The predicted octanol–water partition coefficient (Wildman–Crippen LogP) is 18.3. The van der Waals surface area contributed by atoms with Gasteiger partial charge in [-0.05, 0) is 96.3 Å². The number of allylic oxidation sites excluding steroid dienone is 8. The molecule has 0 aromatic heterocycles. The molecule has 0 aromatic rings. The molecule has 0 heterocycles. The molecule has 0 bridgehead atoms. The first kappa shape index (κ1) is 59.9. The summed E-state index contributed by atoms with van der Waals surface area (Å²) in [6.07, 6.45) is 65.5. The number of hydrogen-bond acceptors (Lipinski definition) is 5. The van der Waals surface area contributed by atoms with E-state index in [0.717, 1.165) is 57.8 Å². The molecule has 0 fully saturated rings. The summed E-state index contributed by atoms with van der Waals surface area (Å²) in [6.45, 7) is 7.75. The Labute approximate surface area is 386 Å². The predicted molar refractivity (Wildman–Crippen MR) is 270 cm³/mol. The Bertz CT molecular complexity index is 1030. The summed E-state index contributed by atoms with van der Waals surface area (Å²) in [5, 5.41) is 0. The molecular formula is C57H104O5. The highest BCUT2D eigenvalue weighted by Gasteiger charge is 2.17. The first-order valence-electron chi connectivity index (χ1n) is 27.2. The van der Waals surface area contributed by atoms with Crippen LogP contribution in [0.3, 0.4) is 0 Å². The molecule has 0 radical (unpaired) electrons. The van der Waals surface area contributed by atoms with Crippen LogP contribution in [-0.4, -0.2) is 37.9 Å². The van der Waals surface area contributed by atoms with Gasteiger partial charge in [-0.2, -0.15) is 0 Å². The van der Waals surface area contributed by atoms with E-state index in [0.29, 0.717) is 19.4 Å². The van der Waals surface area contributed by atoms with Crippen LogP contribution < -0.4 is 0 Å². The summed E-state index contributed by atoms with van der Waals surface area (Å²) in [7, 11) is 0. The van der Waals surface area contributed by atoms with Crippen LogP contribution in [-0.2, 0) is 23.8 Å². The van der Waals surface area contributed by atoms with Gasteiger partial charge in [-0.15, -0.1) is 0 Å². The van der Waals surface area contributed by atoms with Crippen LogP contribution in [0, 0.1) is 0 Å². The molecule has 0 aromatic carbocycles. The standard InChI is InChI=1S/C57H104O5/c1-4-7-10-13-16-19-22-25-27-28-29-30-31-33-35-38-41-44-47-50-56(58)61-54-55(53-60-52-49-46-43-40-37-34-26-23-20-17-14-11-8-5-2)62-57(59)51-48-45-42-39-36-32-24-21-18-15-12-9-6-3/h12,15,20-21,23-25,27,55H,4-11,13-14,16-19,22,26,28-54H2,1-3H3/b15-12-,23-20-,24-21-,27-25-. The molecule has 0 aliphatic heterocycles. The Balaban J connectivity index is 4.23. The Morgan fingerprint density at radius 1 is 0.355 bits per heavy atom. The smallest absolute Gasteiger partial charge is 0.306 e. The fourth-order valence-electron chi connectivity index (χ4n) is 7.71. The van der Waals surface area contributed by atoms with E-state index in [4.69, 9.17) is 14.2 Å². The van der Waals surface area contributed by atoms with E-state index in [-0.39, 0.29) is 25.2 Å². The van der Waals surface area contributed by atoms with E-state index in [2.05, 4.69) is 69.4 Å². The first-order chi connectivity index (χ1) is 30.6. The van der Waals surface area contributed by atoms with Gasteiger partial charge in [-0.3, -0.25) is 9.59 Å². The third kappa shape index (κ3) is 50.5. The van der Waals surface area contributed by atoms with Crippen LogP contribution in [0.1, 0.15) is 278 Å². The van der Waals surface area contributed by atoms with Gasteiger partial charge in [0.2, 0.25) is 0 Å². The minimum atomic E-state index is -0.545. The number of esters is 2. The van der Waals surface area contributed by atoms with Gasteiger partial charge in [0.25, 0.3) is 0 Å². The van der Waals surface area contributed by atoms with Gasteiger partial charge in [-0.1, -0.05) is 217 Å². The number of ether oxygens (including phenoxy) is 3. The zero-order valence-electron chi connectivity index (χ0n) is 41.6. The first-order valence-corrected chi connectivity index (χ1v) is 27.2. The third-order valence-corrected chi connectivity index (χ3v) is 11.8. The zero-order chi connectivity index (χ0) is 44.9. The van der Waals surface area contributed by atoms with Crippen LogP contribution in [0.15, 0.2) is 48.6 Å². The normalized spacial score (nSPS) is 12.5. The molecule has 0 aliphatic carbocycles. The minimum absolute atomic E-state index is 0.0780. The summed E-state index contributed by atoms with van der Waals surface area (Å²) in [4.78, 5) is 25.4. The lowest BCUT2D eigenvalue weighted by Crippen LogP contribution is -2.30. The summed E-state index contributed by atoms with van der Waals surface area (Å²) in [5.74, 6) is -0.409. The van der Waals surface area contributed by atoms with E-state index in [1.807, 2.05) is 0 Å². The maximum Gasteiger partial charge on any atom is 0.306 e. The van der Waals surface area contributed by atoms with Crippen LogP contribution in [0.4, 0.5) is 0 Å². The molecule has 362 valence electrons. The highest BCUT2D eigenvalue weighted by atomic mass is 16.6. The van der Waals surface area contributed by atoms with Crippen molar-refractivity contribution in [1.29, 1.82) is 0 Å². The Hall–Kier alpha value is -2.14. The summed E-state index contributed by atoms with van der Waals surface area (Å²) >= 11 is 0. The van der Waals surface area contributed by atoms with E-state index >= 15 is 0 Å². The Kier molecular flexibility index (Phi) is 51.4. The second-order valence-corrected chi connectivity index (χ2v) is 18.1. The quantitative estimate of drug-likeness (QED) is 0.0346. The highest BCUT2D eigenvalue weighted by Crippen LogP contribution is 2.15. The molecule has 62 heavy (non-hydrogen) atoms. The molecule has 5 heteroatoms. The van der Waals surface area contributed by atoms with E-state index in [9.17, 15) is 9.59 Å². The van der Waals surface area contributed by atoms with Crippen LogP contribution in [0.25, 0.3) is 0 Å². The topological polar surface area (TPSA) is 61.8 Å². The van der Waals surface area contributed by atoms with Gasteiger partial charge in [0.15, 0.2) is 6.10 Å². The number of unbranched alkanes of at least 4 members (excludes halogenated alkanes) is 31. The van der Waals surface area contributed by atoms with Crippen molar-refractivity contribution in [2.45, 2.75) is 284 Å². The number of carbonyl (C=O) groups excluding carboxylic acids is 2. The lowest BCUT2D eigenvalue weighted by atomic mass is 10.1. The molecule has 0 N–H and O–H groups in total. The SMILES string of the molecule is CCC/C=C\C/C=C\CCCCCCCC(=O)OC(COCCCCCCCC/C=C\CCCCCC)COC(=O)CCCCCCCCCCC/C=C\CCCCCCCC. The zero-order valence-corrected chi connectivity index (χ0v) is 41.6. The summed E-state index contributed by atoms with van der Waals surface area (Å²) < 4.78 is 17.4. The van der Waals surface area contributed by atoms with Gasteiger partial charge in [0.05, 0.1) is 6.61 Å². The molecule has 0 spiro atoms. The second kappa shape index (κ2) is 53.2. The summed E-state index contributed by atoms with van der Waals surface area (Å²) in [5.41, 5.74) is 0. The van der Waals surface area contributed by atoms with Crippen molar-refractivity contribution < 1.29 is 23.8 Å². The Morgan fingerprint density at radius 2 is 0.710 bits per heavy atom. The van der Waals surface area contributed by atoms with Gasteiger partial charge in [-0.25, -0.2) is 0 Å². The Morgan fingerprint density at radius 3 is 1.16 bits per heavy atom. The molecule has 5 nitrogen and oxygen atoms in total. The fraction of sp³-hybridized carbons (Fsp3) is 0.825. The molecule has 0 rings (SSSR count). The van der Waals surface area contributed by atoms with Crippen molar-refractivity contribution in [1.82, 2.24) is 0 Å². The molecule has 0 amide bonds. The van der Waals surface area contributed by atoms with Gasteiger partial charge >= 0.3 is 11.9 Å². The largest absolute Gasteiger partial charge is 0.462 e.